The number of aryl methyl sites for hydroxylation is 1. The maximum atomic E-state index is 15.2. The van der Waals surface area contributed by atoms with Crippen LogP contribution in [0.15, 0.2) is 48.5 Å². The average molecular weight is 499 g/mol. The first-order valence-corrected chi connectivity index (χ1v) is 12.7. The molecule has 0 bridgehead atoms. The number of rotatable bonds is 10. The lowest BCUT2D eigenvalue weighted by molar-refractivity contribution is -0.142. The summed E-state index contributed by atoms with van der Waals surface area (Å²) in [5.74, 6) is -0.506. The highest BCUT2D eigenvalue weighted by Gasteiger charge is 2.27. The lowest BCUT2D eigenvalue weighted by atomic mass is 9.82. The third-order valence-corrected chi connectivity index (χ3v) is 7.05. The van der Waals surface area contributed by atoms with Crippen LogP contribution in [-0.2, 0) is 22.5 Å². The second kappa shape index (κ2) is 11.8. The molecule has 5 nitrogen and oxygen atoms in total. The summed E-state index contributed by atoms with van der Waals surface area (Å²) in [5, 5.41) is 13.9. The van der Waals surface area contributed by atoms with E-state index in [4.69, 9.17) is 26.5 Å². The Morgan fingerprint density at radius 3 is 2.51 bits per heavy atom. The number of nitrogens with zero attached hydrogens (tertiary/aromatic N) is 2. The maximum Gasteiger partial charge on any atom is 0.329 e. The molecular formula is C28H32ClFN2O3. The Morgan fingerprint density at radius 2 is 1.83 bits per heavy atom. The first kappa shape index (κ1) is 25.4. The fourth-order valence-electron chi connectivity index (χ4n) is 5.06. The zero-order valence-electron chi connectivity index (χ0n) is 20.1. The van der Waals surface area contributed by atoms with Crippen LogP contribution >= 0.6 is 11.6 Å². The second-order valence-corrected chi connectivity index (χ2v) is 9.77. The fourth-order valence-corrected chi connectivity index (χ4v) is 5.24. The SMILES string of the molecule is CCCc1nn(CC2CCC(COCC(=O)O)CC2)c(-c2ccccc2)c1-c1cccc(Cl)c1F. The minimum absolute atomic E-state index is 0.111. The van der Waals surface area contributed by atoms with E-state index in [1.807, 2.05) is 30.3 Å². The first-order chi connectivity index (χ1) is 17.0. The highest BCUT2D eigenvalue weighted by Crippen LogP contribution is 2.40. The number of halogens is 2. The molecule has 1 aromatic heterocycles. The van der Waals surface area contributed by atoms with E-state index in [0.717, 1.165) is 67.6 Å². The first-order valence-electron chi connectivity index (χ1n) is 12.4. The molecule has 2 aromatic carbocycles. The molecule has 1 heterocycles. The Hall–Kier alpha value is -2.70. The van der Waals surface area contributed by atoms with E-state index in [1.54, 1.807) is 18.2 Å². The van der Waals surface area contributed by atoms with Gasteiger partial charge in [0.25, 0.3) is 0 Å². The van der Waals surface area contributed by atoms with Gasteiger partial charge in [0, 0.05) is 23.2 Å². The van der Waals surface area contributed by atoms with Crippen molar-refractivity contribution in [2.24, 2.45) is 11.8 Å². The predicted molar refractivity (Wildman–Crippen MR) is 136 cm³/mol. The molecule has 1 aliphatic carbocycles. The van der Waals surface area contributed by atoms with Gasteiger partial charge in [-0.25, -0.2) is 9.18 Å². The van der Waals surface area contributed by atoms with Crippen LogP contribution in [-0.4, -0.2) is 34.1 Å². The number of carbonyl (C=O) groups is 1. The Balaban J connectivity index is 1.64. The van der Waals surface area contributed by atoms with E-state index in [0.29, 0.717) is 24.0 Å². The molecule has 1 fully saturated rings. The van der Waals surface area contributed by atoms with Gasteiger partial charge in [0.05, 0.1) is 23.0 Å². The standard InChI is InChI=1S/C28H32ClFN2O3/c1-2-7-24-26(22-10-6-11-23(29)27(22)30)28(21-8-4-3-5-9-21)32(31-24)16-19-12-14-20(15-13-19)17-35-18-25(33)34/h3-6,8-11,19-20H,2,7,12-18H2,1H3,(H,33,34). The minimum atomic E-state index is -0.930. The van der Waals surface area contributed by atoms with Gasteiger partial charge < -0.3 is 9.84 Å². The molecule has 35 heavy (non-hydrogen) atoms. The van der Waals surface area contributed by atoms with Crippen LogP contribution in [0.3, 0.4) is 0 Å². The molecule has 186 valence electrons. The van der Waals surface area contributed by atoms with Crippen molar-refractivity contribution in [1.82, 2.24) is 9.78 Å². The summed E-state index contributed by atoms with van der Waals surface area (Å²) >= 11 is 6.18. The van der Waals surface area contributed by atoms with Crippen LogP contribution < -0.4 is 0 Å². The van der Waals surface area contributed by atoms with Gasteiger partial charge in [-0.2, -0.15) is 5.10 Å². The number of hydrogen-bond acceptors (Lipinski definition) is 3. The molecule has 0 unspecified atom stereocenters. The Morgan fingerprint density at radius 1 is 1.11 bits per heavy atom. The van der Waals surface area contributed by atoms with Crippen molar-refractivity contribution in [3.05, 3.63) is 65.1 Å². The smallest absolute Gasteiger partial charge is 0.329 e. The van der Waals surface area contributed by atoms with Crippen LogP contribution in [0.1, 0.15) is 44.7 Å². The number of ether oxygens (including phenoxy) is 1. The van der Waals surface area contributed by atoms with E-state index in [-0.39, 0.29) is 11.6 Å². The maximum absolute atomic E-state index is 15.2. The van der Waals surface area contributed by atoms with Gasteiger partial charge in [-0.15, -0.1) is 0 Å². The number of carboxylic acids is 1. The predicted octanol–water partition coefficient (Wildman–Crippen LogP) is 6.87. The minimum Gasteiger partial charge on any atom is -0.480 e. The normalized spacial score (nSPS) is 18.0. The summed E-state index contributed by atoms with van der Waals surface area (Å²) in [6.45, 7) is 3.12. The van der Waals surface area contributed by atoms with Crippen molar-refractivity contribution in [1.29, 1.82) is 0 Å². The Kier molecular flexibility index (Phi) is 8.58. The average Bonchev–Trinajstić information content (AvgIpc) is 3.20. The molecule has 0 saturated heterocycles. The molecule has 0 amide bonds. The topological polar surface area (TPSA) is 64.4 Å². The van der Waals surface area contributed by atoms with E-state index in [1.165, 1.54) is 0 Å². The monoisotopic (exact) mass is 498 g/mol. The zero-order valence-corrected chi connectivity index (χ0v) is 20.8. The largest absolute Gasteiger partial charge is 0.480 e. The molecule has 7 heteroatoms. The van der Waals surface area contributed by atoms with Crippen LogP contribution in [0.4, 0.5) is 4.39 Å². The molecule has 1 N–H and O–H groups in total. The molecule has 1 saturated carbocycles. The van der Waals surface area contributed by atoms with E-state index in [9.17, 15) is 4.79 Å². The van der Waals surface area contributed by atoms with Gasteiger partial charge in [0.2, 0.25) is 0 Å². The van der Waals surface area contributed by atoms with E-state index in [2.05, 4.69) is 11.6 Å². The summed E-state index contributed by atoms with van der Waals surface area (Å²) in [6, 6.07) is 15.2. The fraction of sp³-hybridized carbons (Fsp3) is 0.429. The van der Waals surface area contributed by atoms with Crippen LogP contribution in [0.25, 0.3) is 22.4 Å². The lowest BCUT2D eigenvalue weighted by Gasteiger charge is -2.28. The van der Waals surface area contributed by atoms with Crippen molar-refractivity contribution in [2.75, 3.05) is 13.2 Å². The number of aliphatic carboxylic acids is 1. The number of aromatic nitrogens is 2. The number of benzene rings is 2. The highest BCUT2D eigenvalue weighted by molar-refractivity contribution is 6.31. The third-order valence-electron chi connectivity index (χ3n) is 6.76. The van der Waals surface area contributed by atoms with Gasteiger partial charge in [0.1, 0.15) is 12.4 Å². The van der Waals surface area contributed by atoms with Crippen LogP contribution in [0.5, 0.6) is 0 Å². The molecule has 0 aliphatic heterocycles. The van der Waals surface area contributed by atoms with Gasteiger partial charge in [-0.1, -0.05) is 67.4 Å². The molecule has 0 spiro atoms. The number of carboxylic acid groups (broad SMARTS) is 1. The quantitative estimate of drug-likeness (QED) is 0.331. The van der Waals surface area contributed by atoms with Gasteiger partial charge in [0.15, 0.2) is 0 Å². The van der Waals surface area contributed by atoms with Crippen molar-refractivity contribution in [3.8, 4) is 22.4 Å². The summed E-state index contributed by atoms with van der Waals surface area (Å²) in [4.78, 5) is 10.7. The van der Waals surface area contributed by atoms with Gasteiger partial charge >= 0.3 is 5.97 Å². The molecule has 3 aromatic rings. The molecule has 4 rings (SSSR count). The molecule has 0 atom stereocenters. The van der Waals surface area contributed by atoms with Gasteiger partial charge in [-0.05, 0) is 50.0 Å². The van der Waals surface area contributed by atoms with Gasteiger partial charge in [-0.3, -0.25) is 4.68 Å². The molecule has 0 radical (unpaired) electrons. The zero-order chi connectivity index (χ0) is 24.8. The summed E-state index contributed by atoms with van der Waals surface area (Å²) in [7, 11) is 0. The van der Waals surface area contributed by atoms with E-state index >= 15 is 4.39 Å². The van der Waals surface area contributed by atoms with Crippen molar-refractivity contribution in [3.63, 3.8) is 0 Å². The van der Waals surface area contributed by atoms with Crippen molar-refractivity contribution >= 4 is 17.6 Å². The molecular weight excluding hydrogens is 467 g/mol. The van der Waals surface area contributed by atoms with Crippen molar-refractivity contribution < 1.29 is 19.0 Å². The Bertz CT molecular complexity index is 1140. The summed E-state index contributed by atoms with van der Waals surface area (Å²) in [5.41, 5.74) is 4.15. The van der Waals surface area contributed by atoms with E-state index < -0.39 is 11.8 Å². The highest BCUT2D eigenvalue weighted by atomic mass is 35.5. The number of hydrogen-bond donors (Lipinski definition) is 1. The van der Waals surface area contributed by atoms with Crippen LogP contribution in [0, 0.1) is 17.7 Å². The molecule has 1 aliphatic rings. The van der Waals surface area contributed by atoms with Crippen LogP contribution in [0.2, 0.25) is 5.02 Å². The van der Waals surface area contributed by atoms with Crippen molar-refractivity contribution in [2.45, 2.75) is 52.0 Å². The Labute approximate surface area is 210 Å². The third kappa shape index (κ3) is 6.11. The second-order valence-electron chi connectivity index (χ2n) is 9.37. The lowest BCUT2D eigenvalue weighted by Crippen LogP contribution is -2.23. The summed E-state index contributed by atoms with van der Waals surface area (Å²) < 4.78 is 22.6. The summed E-state index contributed by atoms with van der Waals surface area (Å²) in [6.07, 6.45) is 5.72.